The van der Waals surface area contributed by atoms with Crippen LogP contribution in [0.5, 0.6) is 0 Å². The molecule has 0 aromatic heterocycles. The van der Waals surface area contributed by atoms with Gasteiger partial charge in [-0.2, -0.15) is 0 Å². The largest absolute Gasteiger partial charge is 0.345 e. The molecule has 8 heteroatoms. The van der Waals surface area contributed by atoms with Gasteiger partial charge in [0.2, 0.25) is 0 Å². The minimum Gasteiger partial charge on any atom is -0.308 e. The van der Waals surface area contributed by atoms with Gasteiger partial charge in [-0.1, -0.05) is 36.1 Å². The summed E-state index contributed by atoms with van der Waals surface area (Å²) in [6.45, 7) is 14.3. The van der Waals surface area contributed by atoms with Gasteiger partial charge < -0.3 is 18.1 Å². The van der Waals surface area contributed by atoms with Crippen molar-refractivity contribution in [2.45, 2.75) is 98.8 Å². The zero-order valence-corrected chi connectivity index (χ0v) is 22.6. The second-order valence-electron chi connectivity index (χ2n) is 7.74. The molecule has 0 bridgehead atoms. The Morgan fingerprint density at radius 2 is 1.19 bits per heavy atom. The van der Waals surface area contributed by atoms with E-state index in [4.69, 9.17) is 18.1 Å². The van der Waals surface area contributed by atoms with E-state index >= 15 is 0 Å². The van der Waals surface area contributed by atoms with Gasteiger partial charge in [0.05, 0.1) is 26.4 Å². The van der Waals surface area contributed by atoms with Crippen LogP contribution in [0, 0.1) is 0 Å². The summed E-state index contributed by atoms with van der Waals surface area (Å²) in [7, 11) is -7.27. The number of rotatable bonds is 19. The standard InChI is InChI=1S/C23H46O6P2/c1-8-26-30(24,27-9-2)23(31(25,28-10-3)29-11-4)20-15-13-12-14-18-22(7)19-16-17-21(5)6/h17-18,23H,8-16,19-20H2,1-7H3/b22-18+. The number of hydrogen-bond acceptors (Lipinski definition) is 6. The van der Waals surface area contributed by atoms with Crippen molar-refractivity contribution in [3.05, 3.63) is 23.3 Å². The van der Waals surface area contributed by atoms with Crippen molar-refractivity contribution in [2.24, 2.45) is 0 Å². The van der Waals surface area contributed by atoms with Crippen LogP contribution in [-0.4, -0.2) is 31.8 Å². The predicted octanol–water partition coefficient (Wildman–Crippen LogP) is 8.49. The highest BCUT2D eigenvalue weighted by atomic mass is 31.2. The van der Waals surface area contributed by atoms with Crippen molar-refractivity contribution >= 4 is 15.2 Å². The van der Waals surface area contributed by atoms with Gasteiger partial charge in [-0.25, -0.2) is 0 Å². The van der Waals surface area contributed by atoms with Crippen molar-refractivity contribution in [3.63, 3.8) is 0 Å². The monoisotopic (exact) mass is 480 g/mol. The Morgan fingerprint density at radius 1 is 0.710 bits per heavy atom. The van der Waals surface area contributed by atoms with Crippen molar-refractivity contribution < 1.29 is 27.2 Å². The Morgan fingerprint density at radius 3 is 1.61 bits per heavy atom. The van der Waals surface area contributed by atoms with Gasteiger partial charge in [0.15, 0.2) is 5.40 Å². The second kappa shape index (κ2) is 17.3. The normalized spacial score (nSPS) is 13.1. The minimum atomic E-state index is -3.63. The van der Waals surface area contributed by atoms with Crippen LogP contribution in [-0.2, 0) is 27.2 Å². The van der Waals surface area contributed by atoms with Crippen molar-refractivity contribution in [3.8, 4) is 0 Å². The third-order valence-corrected chi connectivity index (χ3v) is 10.9. The summed E-state index contributed by atoms with van der Waals surface area (Å²) in [5, 5.41) is -0.902. The van der Waals surface area contributed by atoms with Crippen LogP contribution < -0.4 is 0 Å². The fourth-order valence-corrected chi connectivity index (χ4v) is 8.78. The first-order chi connectivity index (χ1) is 14.7. The van der Waals surface area contributed by atoms with E-state index in [1.54, 1.807) is 27.7 Å². The Hall–Kier alpha value is -0.220. The molecular formula is C23H46O6P2. The molecule has 31 heavy (non-hydrogen) atoms. The van der Waals surface area contributed by atoms with E-state index in [1.807, 2.05) is 0 Å². The van der Waals surface area contributed by atoms with Crippen LogP contribution in [0.25, 0.3) is 0 Å². The molecule has 0 aliphatic carbocycles. The third kappa shape index (κ3) is 12.6. The lowest BCUT2D eigenvalue weighted by Crippen LogP contribution is -2.18. The highest BCUT2D eigenvalue weighted by Crippen LogP contribution is 2.71. The molecule has 0 rings (SSSR count). The molecule has 0 aromatic rings. The molecule has 0 atom stereocenters. The summed E-state index contributed by atoms with van der Waals surface area (Å²) in [6, 6.07) is 0. The van der Waals surface area contributed by atoms with E-state index in [0.29, 0.717) is 6.42 Å². The molecule has 0 radical (unpaired) electrons. The third-order valence-electron chi connectivity index (χ3n) is 4.72. The zero-order chi connectivity index (χ0) is 23.8. The van der Waals surface area contributed by atoms with E-state index in [2.05, 4.69) is 32.9 Å². The SMILES string of the molecule is CCOP(=O)(OCC)C(CCCCC/C=C(\C)CCC=C(C)C)P(=O)(OCC)OCC. The first-order valence-electron chi connectivity index (χ1n) is 11.8. The van der Waals surface area contributed by atoms with Crippen molar-refractivity contribution in [1.82, 2.24) is 0 Å². The van der Waals surface area contributed by atoms with Gasteiger partial charge in [-0.3, -0.25) is 9.13 Å². The van der Waals surface area contributed by atoms with Crippen LogP contribution >= 0.6 is 15.2 Å². The fourth-order valence-electron chi connectivity index (χ4n) is 3.31. The summed E-state index contributed by atoms with van der Waals surface area (Å²) in [5.74, 6) is 0. The van der Waals surface area contributed by atoms with Gasteiger partial charge in [-0.05, 0) is 80.6 Å². The minimum absolute atomic E-state index is 0.211. The average molecular weight is 481 g/mol. The Labute approximate surface area is 191 Å². The van der Waals surface area contributed by atoms with E-state index in [1.165, 1.54) is 11.1 Å². The first-order valence-corrected chi connectivity index (χ1v) is 15.0. The number of allylic oxidation sites excluding steroid dienone is 4. The van der Waals surface area contributed by atoms with E-state index < -0.39 is 20.6 Å². The quantitative estimate of drug-likeness (QED) is 0.105. The van der Waals surface area contributed by atoms with Gasteiger partial charge in [0.1, 0.15) is 0 Å². The Kier molecular flexibility index (Phi) is 17.2. The zero-order valence-electron chi connectivity index (χ0n) is 20.9. The molecule has 0 fully saturated rings. The Bertz CT molecular complexity index is 576. The van der Waals surface area contributed by atoms with Crippen molar-refractivity contribution in [2.75, 3.05) is 26.4 Å². The molecule has 6 nitrogen and oxygen atoms in total. The van der Waals surface area contributed by atoms with Gasteiger partial charge in [0, 0.05) is 0 Å². The molecule has 0 N–H and O–H groups in total. The van der Waals surface area contributed by atoms with Crippen LogP contribution in [0.3, 0.4) is 0 Å². The van der Waals surface area contributed by atoms with Gasteiger partial charge in [0.25, 0.3) is 0 Å². The fraction of sp³-hybridized carbons (Fsp3) is 0.826. The smallest absolute Gasteiger partial charge is 0.308 e. The highest BCUT2D eigenvalue weighted by Gasteiger charge is 2.50. The molecule has 0 aromatic carbocycles. The maximum Gasteiger partial charge on any atom is 0.345 e. The molecular weight excluding hydrogens is 434 g/mol. The van der Waals surface area contributed by atoms with Crippen molar-refractivity contribution in [1.29, 1.82) is 0 Å². The summed E-state index contributed by atoms with van der Waals surface area (Å²) < 4.78 is 49.0. The molecule has 0 saturated carbocycles. The second-order valence-corrected chi connectivity index (χ2v) is 12.6. The van der Waals surface area contributed by atoms with E-state index in [0.717, 1.165) is 38.5 Å². The molecule has 0 unspecified atom stereocenters. The lowest BCUT2D eigenvalue weighted by Gasteiger charge is -2.31. The maximum absolute atomic E-state index is 13.5. The maximum atomic E-state index is 13.5. The highest BCUT2D eigenvalue weighted by molar-refractivity contribution is 7.72. The summed E-state index contributed by atoms with van der Waals surface area (Å²) >= 11 is 0. The lowest BCUT2D eigenvalue weighted by atomic mass is 10.1. The van der Waals surface area contributed by atoms with Gasteiger partial charge in [-0.15, -0.1) is 0 Å². The van der Waals surface area contributed by atoms with Crippen LogP contribution in [0.1, 0.15) is 93.4 Å². The average Bonchev–Trinajstić information content (AvgIpc) is 2.67. The van der Waals surface area contributed by atoms with Crippen LogP contribution in [0.4, 0.5) is 0 Å². The van der Waals surface area contributed by atoms with E-state index in [-0.39, 0.29) is 26.4 Å². The lowest BCUT2D eigenvalue weighted by molar-refractivity contribution is 0.193. The number of hydrogen-bond donors (Lipinski definition) is 0. The summed E-state index contributed by atoms with van der Waals surface area (Å²) in [6.07, 6.45) is 10.9. The molecule has 0 spiro atoms. The topological polar surface area (TPSA) is 71.1 Å². The molecule has 0 aliphatic heterocycles. The van der Waals surface area contributed by atoms with Gasteiger partial charge >= 0.3 is 15.2 Å². The molecule has 184 valence electrons. The molecule has 0 saturated heterocycles. The molecule has 0 heterocycles. The molecule has 0 amide bonds. The van der Waals surface area contributed by atoms with Crippen LogP contribution in [0.15, 0.2) is 23.3 Å². The van der Waals surface area contributed by atoms with E-state index in [9.17, 15) is 9.13 Å². The Balaban J connectivity index is 5.01. The summed E-state index contributed by atoms with van der Waals surface area (Å²) in [5.41, 5.74) is 2.76. The molecule has 0 aliphatic rings. The predicted molar refractivity (Wildman–Crippen MR) is 131 cm³/mol. The summed E-state index contributed by atoms with van der Waals surface area (Å²) in [4.78, 5) is 0. The van der Waals surface area contributed by atoms with Crippen LogP contribution in [0.2, 0.25) is 0 Å². The number of unbranched alkanes of at least 4 members (excludes halogenated alkanes) is 3. The first kappa shape index (κ1) is 30.8.